The molecule has 0 aliphatic heterocycles. The van der Waals surface area contributed by atoms with Crippen LogP contribution in [0.5, 0.6) is 11.5 Å². The number of hydrogen-bond donors (Lipinski definition) is 1. The molecule has 21 heavy (non-hydrogen) atoms. The molecule has 0 aliphatic carbocycles. The molecule has 0 radical (unpaired) electrons. The molecule has 118 valence electrons. The van der Waals surface area contributed by atoms with Crippen LogP contribution < -0.4 is 15.2 Å². The average molecular weight is 310 g/mol. The van der Waals surface area contributed by atoms with Crippen LogP contribution >= 0.6 is 0 Å². The highest BCUT2D eigenvalue weighted by Crippen LogP contribution is 2.34. The Bertz CT molecular complexity index is 507. The van der Waals surface area contributed by atoms with E-state index in [2.05, 4.69) is 4.74 Å². The predicted octanol–water partition coefficient (Wildman–Crippen LogP) is 1.98. The van der Waals surface area contributed by atoms with E-state index < -0.39 is 24.5 Å². The minimum absolute atomic E-state index is 0.0997. The summed E-state index contributed by atoms with van der Waals surface area (Å²) < 4.78 is 49.8. The molecule has 0 spiro atoms. The Balaban J connectivity index is 2.85. The monoisotopic (exact) mass is 310 g/mol. The highest BCUT2D eigenvalue weighted by molar-refractivity contribution is 5.54. The summed E-state index contributed by atoms with van der Waals surface area (Å²) in [6.45, 7) is -2.31. The van der Waals surface area contributed by atoms with E-state index in [4.69, 9.17) is 15.2 Å². The van der Waals surface area contributed by atoms with Gasteiger partial charge in [-0.3, -0.25) is 10.1 Å². The summed E-state index contributed by atoms with van der Waals surface area (Å²) in [4.78, 5) is 10.2. The number of nitrogens with zero attached hydrogens (tertiary/aromatic N) is 1. The quantitative estimate of drug-likeness (QED) is 0.358. The lowest BCUT2D eigenvalue weighted by molar-refractivity contribution is -0.385. The largest absolute Gasteiger partial charge is 0.493 e. The first-order valence-electron chi connectivity index (χ1n) is 5.61. The number of alkyl halides is 3. The van der Waals surface area contributed by atoms with Crippen LogP contribution in [0.4, 0.5) is 18.9 Å². The van der Waals surface area contributed by atoms with Crippen LogP contribution in [0.25, 0.3) is 0 Å². The minimum atomic E-state index is -4.48. The molecule has 1 aromatic rings. The highest BCUT2D eigenvalue weighted by atomic mass is 19.4. The number of ether oxygens (including phenoxy) is 3. The Morgan fingerprint density at radius 2 is 2.00 bits per heavy atom. The van der Waals surface area contributed by atoms with Gasteiger partial charge in [0.25, 0.3) is 5.69 Å². The Morgan fingerprint density at radius 1 is 1.33 bits per heavy atom. The van der Waals surface area contributed by atoms with Gasteiger partial charge in [0.15, 0.2) is 18.3 Å². The summed E-state index contributed by atoms with van der Waals surface area (Å²) in [5, 5.41) is 10.9. The van der Waals surface area contributed by atoms with Crippen molar-refractivity contribution in [2.24, 2.45) is 5.73 Å². The molecule has 0 saturated carbocycles. The van der Waals surface area contributed by atoms with Crippen molar-refractivity contribution in [2.45, 2.75) is 12.7 Å². The maximum atomic E-state index is 11.9. The molecule has 0 bridgehead atoms. The standard InChI is InChI=1S/C11H13F3N2O5/c1-19-9-2-7(4-15)8(16(17)18)3-10(9)21-6-20-5-11(12,13)14/h2-3H,4-6,15H2,1H3. The Hall–Kier alpha value is -2.07. The van der Waals surface area contributed by atoms with Crippen LogP contribution in [0.3, 0.4) is 0 Å². The molecule has 1 rings (SSSR count). The second-order valence-corrected chi connectivity index (χ2v) is 3.82. The van der Waals surface area contributed by atoms with E-state index >= 15 is 0 Å². The number of nitro benzene ring substituents is 1. The summed E-state index contributed by atoms with van der Waals surface area (Å²) >= 11 is 0. The molecule has 0 aromatic heterocycles. The van der Waals surface area contributed by atoms with Crippen molar-refractivity contribution < 1.29 is 32.3 Å². The first-order chi connectivity index (χ1) is 9.78. The van der Waals surface area contributed by atoms with Crippen LogP contribution in [0.2, 0.25) is 0 Å². The number of nitrogens with two attached hydrogens (primary N) is 1. The van der Waals surface area contributed by atoms with Crippen molar-refractivity contribution in [1.29, 1.82) is 0 Å². The van der Waals surface area contributed by atoms with E-state index in [-0.39, 0.29) is 29.3 Å². The van der Waals surface area contributed by atoms with Crippen molar-refractivity contribution in [2.75, 3.05) is 20.5 Å². The second-order valence-electron chi connectivity index (χ2n) is 3.82. The van der Waals surface area contributed by atoms with Crippen molar-refractivity contribution in [3.63, 3.8) is 0 Å². The van der Waals surface area contributed by atoms with Gasteiger partial charge in [0, 0.05) is 12.1 Å². The SMILES string of the molecule is COc1cc(CN)c([N+](=O)[O-])cc1OCOCC(F)(F)F. The third-order valence-electron chi connectivity index (χ3n) is 2.35. The van der Waals surface area contributed by atoms with Crippen LogP contribution in [0.15, 0.2) is 12.1 Å². The van der Waals surface area contributed by atoms with Gasteiger partial charge in [-0.05, 0) is 6.07 Å². The van der Waals surface area contributed by atoms with Crippen LogP contribution in [0.1, 0.15) is 5.56 Å². The van der Waals surface area contributed by atoms with Gasteiger partial charge >= 0.3 is 6.18 Å². The van der Waals surface area contributed by atoms with Gasteiger partial charge in [-0.25, -0.2) is 0 Å². The number of benzene rings is 1. The number of halogens is 3. The molecule has 0 atom stereocenters. The van der Waals surface area contributed by atoms with Crippen molar-refractivity contribution in [3.8, 4) is 11.5 Å². The Kier molecular flexibility index (Phi) is 5.73. The van der Waals surface area contributed by atoms with Crippen molar-refractivity contribution in [3.05, 3.63) is 27.8 Å². The molecular formula is C11H13F3N2O5. The molecular weight excluding hydrogens is 297 g/mol. The first-order valence-corrected chi connectivity index (χ1v) is 5.61. The van der Waals surface area contributed by atoms with E-state index in [9.17, 15) is 23.3 Å². The maximum absolute atomic E-state index is 11.9. The van der Waals surface area contributed by atoms with Gasteiger partial charge in [-0.15, -0.1) is 0 Å². The zero-order chi connectivity index (χ0) is 16.0. The number of nitro groups is 1. The van der Waals surface area contributed by atoms with Gasteiger partial charge in [-0.1, -0.05) is 0 Å². The van der Waals surface area contributed by atoms with E-state index in [0.29, 0.717) is 0 Å². The zero-order valence-corrected chi connectivity index (χ0v) is 11.0. The van der Waals surface area contributed by atoms with E-state index in [1.807, 2.05) is 0 Å². The molecule has 0 heterocycles. The fourth-order valence-corrected chi connectivity index (χ4v) is 1.46. The first kappa shape index (κ1) is 17.0. The highest BCUT2D eigenvalue weighted by Gasteiger charge is 2.27. The fourth-order valence-electron chi connectivity index (χ4n) is 1.46. The van der Waals surface area contributed by atoms with Crippen molar-refractivity contribution in [1.82, 2.24) is 0 Å². The van der Waals surface area contributed by atoms with Gasteiger partial charge in [-0.2, -0.15) is 13.2 Å². The topological polar surface area (TPSA) is 96.9 Å². The van der Waals surface area contributed by atoms with Gasteiger partial charge in [0.1, 0.15) is 6.61 Å². The lowest BCUT2D eigenvalue weighted by Gasteiger charge is -2.13. The molecule has 1 aromatic carbocycles. The molecule has 7 nitrogen and oxygen atoms in total. The van der Waals surface area contributed by atoms with Crippen LogP contribution in [-0.4, -0.2) is 31.6 Å². The Morgan fingerprint density at radius 3 is 2.48 bits per heavy atom. The summed E-state index contributed by atoms with van der Waals surface area (Å²) in [6, 6.07) is 2.31. The molecule has 0 saturated heterocycles. The lowest BCUT2D eigenvalue weighted by atomic mass is 10.1. The molecule has 0 amide bonds. The predicted molar refractivity (Wildman–Crippen MR) is 65.0 cm³/mol. The minimum Gasteiger partial charge on any atom is -0.493 e. The molecule has 0 aliphatic rings. The summed E-state index contributed by atoms with van der Waals surface area (Å²) in [5.41, 5.74) is 5.27. The van der Waals surface area contributed by atoms with Gasteiger partial charge in [0.2, 0.25) is 0 Å². The summed E-state index contributed by atoms with van der Waals surface area (Å²) in [5.74, 6) is 0.000216. The average Bonchev–Trinajstić information content (AvgIpc) is 2.41. The van der Waals surface area contributed by atoms with Crippen molar-refractivity contribution >= 4 is 5.69 Å². The van der Waals surface area contributed by atoms with Gasteiger partial charge < -0.3 is 19.9 Å². The summed E-state index contributed by atoms with van der Waals surface area (Å²) in [7, 11) is 1.28. The normalized spacial score (nSPS) is 11.3. The molecule has 0 unspecified atom stereocenters. The van der Waals surface area contributed by atoms with E-state index in [1.165, 1.54) is 13.2 Å². The molecule has 10 heteroatoms. The van der Waals surface area contributed by atoms with E-state index in [0.717, 1.165) is 6.07 Å². The van der Waals surface area contributed by atoms with E-state index in [1.54, 1.807) is 0 Å². The van der Waals surface area contributed by atoms with Crippen LogP contribution in [0, 0.1) is 10.1 Å². The molecule has 0 fully saturated rings. The van der Waals surface area contributed by atoms with Crippen LogP contribution in [-0.2, 0) is 11.3 Å². The zero-order valence-electron chi connectivity index (χ0n) is 11.0. The molecule has 2 N–H and O–H groups in total. The number of hydrogen-bond acceptors (Lipinski definition) is 6. The van der Waals surface area contributed by atoms with Gasteiger partial charge in [0.05, 0.1) is 18.1 Å². The number of methoxy groups -OCH3 is 1. The maximum Gasteiger partial charge on any atom is 0.411 e. The Labute approximate surface area is 117 Å². The summed E-state index contributed by atoms with van der Waals surface area (Å²) in [6.07, 6.45) is -4.48. The third kappa shape index (κ3) is 5.08. The smallest absolute Gasteiger partial charge is 0.411 e. The second kappa shape index (κ2) is 7.09. The lowest BCUT2D eigenvalue weighted by Crippen LogP contribution is -2.19. The third-order valence-corrected chi connectivity index (χ3v) is 2.35. The fraction of sp³-hybridized carbons (Fsp3) is 0.455. The number of rotatable bonds is 7.